The monoisotopic (exact) mass is 310 g/mol. The van der Waals surface area contributed by atoms with Gasteiger partial charge in [-0.3, -0.25) is 4.99 Å². The predicted molar refractivity (Wildman–Crippen MR) is 103 cm³/mol. The van der Waals surface area contributed by atoms with Gasteiger partial charge in [-0.2, -0.15) is 0 Å². The zero-order valence-corrected chi connectivity index (χ0v) is 14.9. The summed E-state index contributed by atoms with van der Waals surface area (Å²) >= 11 is 0. The summed E-state index contributed by atoms with van der Waals surface area (Å²) in [4.78, 5) is 6.47. The van der Waals surface area contributed by atoms with Gasteiger partial charge in [0.1, 0.15) is 0 Å². The molecule has 3 heteroatoms. The lowest BCUT2D eigenvalue weighted by atomic mass is 10.1. The van der Waals surface area contributed by atoms with Crippen LogP contribution in [0.15, 0.2) is 52.9 Å². The van der Waals surface area contributed by atoms with Crippen LogP contribution >= 0.6 is 7.55 Å². The van der Waals surface area contributed by atoms with Gasteiger partial charge in [0, 0.05) is 37.3 Å². The minimum atomic E-state index is -0.616. The first-order valence-corrected chi connectivity index (χ1v) is 9.45. The third kappa shape index (κ3) is 4.26. The smallest absolute Gasteiger partial charge is 0.0446 e. The van der Waals surface area contributed by atoms with E-state index in [0.717, 1.165) is 16.8 Å². The van der Waals surface area contributed by atoms with E-state index in [9.17, 15) is 0 Å². The lowest BCUT2D eigenvalue weighted by Crippen LogP contribution is -2.08. The zero-order valence-electron chi connectivity index (χ0n) is 13.9. The molecule has 0 fully saturated rings. The Kier molecular flexibility index (Phi) is 5.47. The molecule has 1 aromatic carbocycles. The number of hydrogen-bond acceptors (Lipinski definition) is 2. The van der Waals surface area contributed by atoms with Gasteiger partial charge in [-0.1, -0.05) is 19.4 Å². The highest BCUT2D eigenvalue weighted by Crippen LogP contribution is 2.26. The molecular formula is C19H23N2P. The molecule has 2 rings (SSSR count). The summed E-state index contributed by atoms with van der Waals surface area (Å²) in [6.45, 7) is 6.42. The third-order valence-corrected chi connectivity index (χ3v) is 5.56. The summed E-state index contributed by atoms with van der Waals surface area (Å²) in [7, 11) is 3.46. The number of benzene rings is 1. The van der Waals surface area contributed by atoms with E-state index < -0.39 is 7.55 Å². The molecule has 1 aliphatic heterocycles. The summed E-state index contributed by atoms with van der Waals surface area (Å²) in [5.74, 6) is 8.70. The van der Waals surface area contributed by atoms with Gasteiger partial charge in [0.05, 0.1) is 0 Å². The van der Waals surface area contributed by atoms with E-state index in [4.69, 9.17) is 0 Å². The lowest BCUT2D eigenvalue weighted by Gasteiger charge is -2.11. The van der Waals surface area contributed by atoms with Gasteiger partial charge in [-0.05, 0) is 67.5 Å². The van der Waals surface area contributed by atoms with Gasteiger partial charge in [-0.25, -0.2) is 0 Å². The molecule has 1 aliphatic rings. The van der Waals surface area contributed by atoms with Crippen LogP contribution in [0.2, 0.25) is 0 Å². The average molecular weight is 310 g/mol. The standard InChI is InChI=1S/C19H23N2P/c1-15(14-19-16(2)20-12-13-22(19)5)6-7-17-8-10-18(11-9-17)21(3)4/h8-14,22H,1-5H3/b15-14+. The Morgan fingerprint density at radius 1 is 1.23 bits per heavy atom. The van der Waals surface area contributed by atoms with E-state index in [-0.39, 0.29) is 0 Å². The molecule has 0 aromatic heterocycles. The van der Waals surface area contributed by atoms with Crippen molar-refractivity contribution in [3.05, 3.63) is 53.5 Å². The molecule has 114 valence electrons. The first-order chi connectivity index (χ1) is 10.5. The Bertz CT molecular complexity index is 736. The molecule has 1 aromatic rings. The molecule has 1 unspecified atom stereocenters. The van der Waals surface area contributed by atoms with Crippen molar-refractivity contribution < 1.29 is 0 Å². The van der Waals surface area contributed by atoms with Gasteiger partial charge in [0.2, 0.25) is 0 Å². The first-order valence-electron chi connectivity index (χ1n) is 7.37. The fraction of sp³-hybridized carbons (Fsp3) is 0.263. The fourth-order valence-electron chi connectivity index (χ4n) is 2.19. The van der Waals surface area contributed by atoms with E-state index in [2.05, 4.69) is 78.4 Å². The van der Waals surface area contributed by atoms with Crippen molar-refractivity contribution >= 4 is 24.2 Å². The van der Waals surface area contributed by atoms with Crippen molar-refractivity contribution in [3.8, 4) is 11.8 Å². The van der Waals surface area contributed by atoms with Crippen molar-refractivity contribution in [2.75, 3.05) is 25.7 Å². The minimum Gasteiger partial charge on any atom is -0.378 e. The maximum atomic E-state index is 4.39. The van der Waals surface area contributed by atoms with Crippen molar-refractivity contribution in [2.24, 2.45) is 4.99 Å². The van der Waals surface area contributed by atoms with Crippen LogP contribution in [0.5, 0.6) is 0 Å². The maximum Gasteiger partial charge on any atom is 0.0446 e. The van der Waals surface area contributed by atoms with Crippen LogP contribution in [0.3, 0.4) is 0 Å². The highest BCUT2D eigenvalue weighted by molar-refractivity contribution is 7.64. The van der Waals surface area contributed by atoms with Crippen molar-refractivity contribution in [1.82, 2.24) is 0 Å². The Balaban J connectivity index is 2.19. The summed E-state index contributed by atoms with van der Waals surface area (Å²) in [5, 5.41) is 1.35. The van der Waals surface area contributed by atoms with Crippen molar-refractivity contribution in [3.63, 3.8) is 0 Å². The third-order valence-electron chi connectivity index (χ3n) is 3.56. The van der Waals surface area contributed by atoms with Gasteiger partial charge < -0.3 is 4.90 Å². The van der Waals surface area contributed by atoms with Gasteiger partial charge in [-0.15, -0.1) is 0 Å². The van der Waals surface area contributed by atoms with E-state index >= 15 is 0 Å². The Morgan fingerprint density at radius 2 is 1.91 bits per heavy atom. The molecule has 0 aliphatic carbocycles. The van der Waals surface area contributed by atoms with Gasteiger partial charge in [0.15, 0.2) is 0 Å². The predicted octanol–water partition coefficient (Wildman–Crippen LogP) is 4.01. The first kappa shape index (κ1) is 16.4. The normalized spacial score (nSPS) is 17.7. The molecule has 1 atom stereocenters. The summed E-state index contributed by atoms with van der Waals surface area (Å²) in [6, 6.07) is 8.31. The second kappa shape index (κ2) is 7.34. The number of anilines is 1. The van der Waals surface area contributed by atoms with Crippen LogP contribution in [0.4, 0.5) is 5.69 Å². The second-order valence-electron chi connectivity index (χ2n) is 5.65. The highest BCUT2D eigenvalue weighted by atomic mass is 31.1. The van der Waals surface area contributed by atoms with Crippen LogP contribution in [0, 0.1) is 11.8 Å². The van der Waals surface area contributed by atoms with Crippen LogP contribution in [0.1, 0.15) is 19.4 Å². The summed E-state index contributed by atoms with van der Waals surface area (Å²) in [5.41, 5.74) is 4.43. The number of allylic oxidation sites excluding steroid dienone is 2. The molecule has 1 heterocycles. The molecule has 0 radical (unpaired) electrons. The lowest BCUT2D eigenvalue weighted by molar-refractivity contribution is 1.13. The summed E-state index contributed by atoms with van der Waals surface area (Å²) in [6.07, 6.45) is 4.12. The summed E-state index contributed by atoms with van der Waals surface area (Å²) < 4.78 is 0. The molecule has 0 spiro atoms. The van der Waals surface area contributed by atoms with Crippen molar-refractivity contribution in [1.29, 1.82) is 0 Å². The average Bonchev–Trinajstić information content (AvgIpc) is 2.49. The van der Waals surface area contributed by atoms with Crippen LogP contribution in [0.25, 0.3) is 0 Å². The number of aliphatic imine (C=N–C) groups is 1. The molecule has 0 bridgehead atoms. The van der Waals surface area contributed by atoms with Crippen LogP contribution in [-0.2, 0) is 0 Å². The van der Waals surface area contributed by atoms with E-state index in [1.807, 2.05) is 20.3 Å². The Morgan fingerprint density at radius 3 is 2.50 bits per heavy atom. The number of nitrogens with zero attached hydrogens (tertiary/aromatic N) is 2. The molecule has 0 saturated carbocycles. The topological polar surface area (TPSA) is 15.6 Å². The van der Waals surface area contributed by atoms with Gasteiger partial charge in [0.25, 0.3) is 0 Å². The van der Waals surface area contributed by atoms with Crippen LogP contribution in [-0.4, -0.2) is 31.8 Å². The molecule has 0 saturated heterocycles. The van der Waals surface area contributed by atoms with E-state index in [1.165, 1.54) is 11.0 Å². The minimum absolute atomic E-state index is 0.616. The van der Waals surface area contributed by atoms with E-state index in [1.54, 1.807) is 0 Å². The molecule has 22 heavy (non-hydrogen) atoms. The Labute approximate surface area is 134 Å². The maximum absolute atomic E-state index is 4.39. The highest BCUT2D eigenvalue weighted by Gasteiger charge is 2.04. The molecule has 0 amide bonds. The van der Waals surface area contributed by atoms with Crippen LogP contribution < -0.4 is 4.90 Å². The molecular weight excluding hydrogens is 287 g/mol. The zero-order chi connectivity index (χ0) is 16.1. The SMILES string of the molecule is CC1=NC=C[PH](C)=C1/C=C(\C)C#Cc1ccc(N(C)C)cc1. The fourth-order valence-corrected chi connectivity index (χ4v) is 3.75. The number of rotatable bonds is 2. The quantitative estimate of drug-likeness (QED) is 0.595. The molecule has 2 nitrogen and oxygen atoms in total. The molecule has 0 N–H and O–H groups in total. The second-order valence-corrected chi connectivity index (χ2v) is 7.88. The number of hydrogen-bond donors (Lipinski definition) is 0. The largest absolute Gasteiger partial charge is 0.378 e. The van der Waals surface area contributed by atoms with Crippen molar-refractivity contribution in [2.45, 2.75) is 13.8 Å². The van der Waals surface area contributed by atoms with E-state index in [0.29, 0.717) is 0 Å². The van der Waals surface area contributed by atoms with Gasteiger partial charge >= 0.3 is 0 Å². The Hall–Kier alpha value is -1.97.